The molecule has 0 amide bonds. The molecule has 9 heteroatoms. The Labute approximate surface area is 106 Å². The smallest absolute Gasteiger partial charge is 0.239 e. The quantitative estimate of drug-likeness (QED) is 0.812. The fourth-order valence-electron chi connectivity index (χ4n) is 1.13. The van der Waals surface area contributed by atoms with Crippen LogP contribution in [0.1, 0.15) is 0 Å². The van der Waals surface area contributed by atoms with Crippen LogP contribution in [0, 0.1) is 0 Å². The molecule has 90 valence electrons. The molecule has 2 aromatic rings. The van der Waals surface area contributed by atoms with Gasteiger partial charge in [0.1, 0.15) is 5.51 Å². The van der Waals surface area contributed by atoms with Crippen LogP contribution in [0.4, 0.5) is 5.69 Å². The molecule has 17 heavy (non-hydrogen) atoms. The van der Waals surface area contributed by atoms with E-state index in [1.807, 2.05) is 0 Å². The van der Waals surface area contributed by atoms with Gasteiger partial charge in [0.25, 0.3) is 0 Å². The largest absolute Gasteiger partial charge is 0.399 e. The number of nitrogens with zero attached hydrogens (tertiary/aromatic N) is 2. The number of rotatable bonds is 3. The van der Waals surface area contributed by atoms with E-state index in [0.29, 0.717) is 14.9 Å². The number of hydrogen-bond donors (Lipinski definition) is 2. The van der Waals surface area contributed by atoms with Gasteiger partial charge in [-0.25, -0.2) is 13.6 Å². The van der Waals surface area contributed by atoms with Crippen molar-refractivity contribution in [1.82, 2.24) is 10.2 Å². The average molecular weight is 288 g/mol. The van der Waals surface area contributed by atoms with Crippen molar-refractivity contribution in [3.63, 3.8) is 0 Å². The van der Waals surface area contributed by atoms with Crippen molar-refractivity contribution in [2.45, 2.75) is 14.1 Å². The highest BCUT2D eigenvalue weighted by Crippen LogP contribution is 2.33. The number of anilines is 1. The predicted molar refractivity (Wildman–Crippen MR) is 66.3 cm³/mol. The fourth-order valence-corrected chi connectivity index (χ4v) is 3.70. The van der Waals surface area contributed by atoms with E-state index in [2.05, 4.69) is 10.2 Å². The first kappa shape index (κ1) is 12.3. The maximum atomic E-state index is 11.4. The van der Waals surface area contributed by atoms with E-state index in [1.54, 1.807) is 17.6 Å². The number of nitrogens with two attached hydrogens (primary N) is 2. The molecule has 0 fully saturated rings. The van der Waals surface area contributed by atoms with E-state index in [9.17, 15) is 8.42 Å². The maximum Gasteiger partial charge on any atom is 0.239 e. The Balaban J connectivity index is 2.47. The first-order valence-electron chi connectivity index (χ1n) is 4.33. The lowest BCUT2D eigenvalue weighted by Gasteiger charge is -2.06. The van der Waals surface area contributed by atoms with Gasteiger partial charge in [-0.15, -0.1) is 10.2 Å². The summed E-state index contributed by atoms with van der Waals surface area (Å²) in [6.07, 6.45) is 0. The highest BCUT2D eigenvalue weighted by molar-refractivity contribution is 8.01. The standard InChI is InChI=1S/C8H8N4O2S3/c9-5-1-2-6(7(3-5)17(10,13)14)16-8-12-11-4-15-8/h1-4H,9H2,(H2,10,13,14). The van der Waals surface area contributed by atoms with Crippen LogP contribution in [0.25, 0.3) is 0 Å². The summed E-state index contributed by atoms with van der Waals surface area (Å²) >= 11 is 2.50. The minimum atomic E-state index is -3.80. The van der Waals surface area contributed by atoms with Crippen LogP contribution in [-0.4, -0.2) is 18.6 Å². The zero-order chi connectivity index (χ0) is 12.5. The van der Waals surface area contributed by atoms with Crippen molar-refractivity contribution in [3.8, 4) is 0 Å². The molecule has 0 saturated carbocycles. The van der Waals surface area contributed by atoms with E-state index in [-0.39, 0.29) is 4.90 Å². The molecular formula is C8H8N4O2S3. The van der Waals surface area contributed by atoms with Gasteiger partial charge in [0.15, 0.2) is 4.34 Å². The van der Waals surface area contributed by atoms with E-state index < -0.39 is 10.0 Å². The van der Waals surface area contributed by atoms with E-state index in [1.165, 1.54) is 29.2 Å². The lowest BCUT2D eigenvalue weighted by atomic mass is 10.3. The summed E-state index contributed by atoms with van der Waals surface area (Å²) in [5.41, 5.74) is 7.45. The number of benzene rings is 1. The Morgan fingerprint density at radius 3 is 2.71 bits per heavy atom. The van der Waals surface area contributed by atoms with E-state index in [0.717, 1.165) is 0 Å². The Kier molecular flexibility index (Phi) is 3.33. The summed E-state index contributed by atoms with van der Waals surface area (Å²) in [4.78, 5) is 0.483. The molecule has 0 bridgehead atoms. The van der Waals surface area contributed by atoms with Gasteiger partial charge < -0.3 is 5.73 Å². The van der Waals surface area contributed by atoms with Crippen LogP contribution < -0.4 is 10.9 Å². The second-order valence-corrected chi connectivity index (χ2v) is 6.71. The van der Waals surface area contributed by atoms with Crippen molar-refractivity contribution in [2.24, 2.45) is 5.14 Å². The third-order valence-corrected chi connectivity index (χ3v) is 4.75. The molecule has 4 N–H and O–H groups in total. The molecule has 0 spiro atoms. The van der Waals surface area contributed by atoms with E-state index in [4.69, 9.17) is 10.9 Å². The molecule has 0 radical (unpaired) electrons. The third-order valence-electron chi connectivity index (χ3n) is 1.81. The zero-order valence-corrected chi connectivity index (χ0v) is 10.8. The minimum Gasteiger partial charge on any atom is -0.399 e. The topological polar surface area (TPSA) is 112 Å². The number of nitrogen functional groups attached to an aromatic ring is 1. The van der Waals surface area contributed by atoms with Gasteiger partial charge in [-0.05, 0) is 18.2 Å². The highest BCUT2D eigenvalue weighted by atomic mass is 32.2. The Bertz CT molecular complexity index is 624. The second-order valence-electron chi connectivity index (χ2n) is 3.06. The van der Waals surface area contributed by atoms with Gasteiger partial charge in [0, 0.05) is 10.6 Å². The van der Waals surface area contributed by atoms with Crippen LogP contribution in [0.15, 0.2) is 37.8 Å². The van der Waals surface area contributed by atoms with Crippen molar-refractivity contribution < 1.29 is 8.42 Å². The molecule has 0 aliphatic heterocycles. The average Bonchev–Trinajstić information content (AvgIpc) is 2.72. The summed E-state index contributed by atoms with van der Waals surface area (Å²) < 4.78 is 23.5. The van der Waals surface area contributed by atoms with Crippen molar-refractivity contribution in [2.75, 3.05) is 5.73 Å². The molecule has 0 unspecified atom stereocenters. The summed E-state index contributed by atoms with van der Waals surface area (Å²) in [7, 11) is -3.80. The van der Waals surface area contributed by atoms with Crippen LogP contribution in [0.5, 0.6) is 0 Å². The lowest BCUT2D eigenvalue weighted by molar-refractivity contribution is 0.596. The van der Waals surface area contributed by atoms with E-state index >= 15 is 0 Å². The first-order valence-corrected chi connectivity index (χ1v) is 7.57. The predicted octanol–water partition coefficient (Wildman–Crippen LogP) is 0.919. The Hall–Kier alpha value is -1.16. The van der Waals surface area contributed by atoms with Crippen LogP contribution >= 0.6 is 23.1 Å². The molecule has 0 atom stereocenters. The van der Waals surface area contributed by atoms with Gasteiger partial charge in [-0.2, -0.15) is 0 Å². The lowest BCUT2D eigenvalue weighted by Crippen LogP contribution is -2.13. The normalized spacial score (nSPS) is 11.6. The Morgan fingerprint density at radius 2 is 2.12 bits per heavy atom. The third kappa shape index (κ3) is 2.94. The monoisotopic (exact) mass is 288 g/mol. The highest BCUT2D eigenvalue weighted by Gasteiger charge is 2.16. The van der Waals surface area contributed by atoms with Gasteiger partial charge >= 0.3 is 0 Å². The molecule has 1 aromatic carbocycles. The minimum absolute atomic E-state index is 0.00213. The summed E-state index contributed by atoms with van der Waals surface area (Å²) in [6, 6.07) is 4.54. The molecule has 0 aliphatic rings. The molecule has 1 heterocycles. The van der Waals surface area contributed by atoms with Gasteiger partial charge in [0.2, 0.25) is 10.0 Å². The number of primary sulfonamides is 1. The molecule has 0 saturated heterocycles. The first-order chi connectivity index (χ1) is 7.97. The molecular weight excluding hydrogens is 280 g/mol. The molecule has 1 aromatic heterocycles. The fraction of sp³-hybridized carbons (Fsp3) is 0. The number of hydrogen-bond acceptors (Lipinski definition) is 7. The second kappa shape index (κ2) is 4.61. The number of aromatic nitrogens is 2. The summed E-state index contributed by atoms with van der Waals surface area (Å²) in [6.45, 7) is 0. The van der Waals surface area contributed by atoms with Crippen LogP contribution in [0.3, 0.4) is 0 Å². The van der Waals surface area contributed by atoms with Crippen molar-refractivity contribution in [1.29, 1.82) is 0 Å². The number of sulfonamides is 1. The Morgan fingerprint density at radius 1 is 1.35 bits per heavy atom. The molecule has 0 aliphatic carbocycles. The maximum absolute atomic E-state index is 11.4. The van der Waals surface area contributed by atoms with Gasteiger partial charge in [-0.3, -0.25) is 0 Å². The van der Waals surface area contributed by atoms with Crippen LogP contribution in [-0.2, 0) is 10.0 Å². The summed E-state index contributed by atoms with van der Waals surface area (Å²) in [5.74, 6) is 0. The molecule has 2 rings (SSSR count). The van der Waals surface area contributed by atoms with Crippen LogP contribution in [0.2, 0.25) is 0 Å². The van der Waals surface area contributed by atoms with Crippen molar-refractivity contribution in [3.05, 3.63) is 23.7 Å². The molecule has 6 nitrogen and oxygen atoms in total. The van der Waals surface area contributed by atoms with Crippen molar-refractivity contribution >= 4 is 38.8 Å². The van der Waals surface area contributed by atoms with Gasteiger partial charge in [0.05, 0.1) is 4.90 Å². The summed E-state index contributed by atoms with van der Waals surface area (Å²) in [5, 5.41) is 12.6. The zero-order valence-electron chi connectivity index (χ0n) is 8.40. The van der Waals surface area contributed by atoms with Gasteiger partial charge in [-0.1, -0.05) is 23.1 Å². The SMILES string of the molecule is Nc1ccc(Sc2nncs2)c(S(N)(=O)=O)c1.